The lowest BCUT2D eigenvalue weighted by molar-refractivity contribution is 0.477. The highest BCUT2D eigenvalue weighted by Gasteiger charge is 2.27. The first-order chi connectivity index (χ1) is 39.6. The van der Waals surface area contributed by atoms with Gasteiger partial charge >= 0.3 is 0 Å². The summed E-state index contributed by atoms with van der Waals surface area (Å²) in [4.78, 5) is 4.32. The Morgan fingerprint density at radius 1 is 0.494 bits per heavy atom. The summed E-state index contributed by atoms with van der Waals surface area (Å²) in [7, 11) is -30.0. The highest BCUT2D eigenvalue weighted by molar-refractivity contribution is 7.87. The van der Waals surface area contributed by atoms with Crippen LogP contribution in [-0.4, -0.2) is 87.8 Å². The van der Waals surface area contributed by atoms with Crippen molar-refractivity contribution in [3.63, 3.8) is 0 Å². The van der Waals surface area contributed by atoms with Crippen molar-refractivity contribution in [1.82, 2.24) is 9.97 Å². The first-order valence-corrected chi connectivity index (χ1v) is 32.8. The zero-order valence-corrected chi connectivity index (χ0v) is 48.5. The Kier molecular flexibility index (Phi) is 16.4. The van der Waals surface area contributed by atoms with Gasteiger partial charge in [0.1, 0.15) is 27.2 Å². The van der Waals surface area contributed by atoms with E-state index in [0.717, 1.165) is 59.9 Å². The SMILES string of the molecule is Cc1c(C#N)c(Nc2ccc(S(=O)(=O)O)cc2)nc(Nc2ccc(S(=O)(=O)O)cc2)c1N=Nc1nc(-c2ccc(Cl)cc2)c(N=Nc2ccc(NNc3cc(S(=O)(=O)O)c4cc(S(=O)(=O)O)cc(S(=O)(=O)O)c4c3)c3cc(S(=O)(=O)O)ccc23)s1. The van der Waals surface area contributed by atoms with Crippen LogP contribution in [0.5, 0.6) is 0 Å². The Labute approximate surface area is 489 Å². The van der Waals surface area contributed by atoms with Crippen molar-refractivity contribution in [2.45, 2.75) is 36.3 Å². The number of nitriles is 1. The lowest BCUT2D eigenvalue weighted by Gasteiger charge is -2.16. The zero-order valence-electron chi connectivity index (χ0n) is 42.1. The number of halogens is 1. The minimum Gasteiger partial charge on any atom is -0.339 e. The van der Waals surface area contributed by atoms with Gasteiger partial charge in [0.2, 0.25) is 5.13 Å². The molecule has 9 aromatic rings. The summed E-state index contributed by atoms with van der Waals surface area (Å²) >= 11 is 7.07. The van der Waals surface area contributed by atoms with Gasteiger partial charge in [0.05, 0.1) is 42.2 Å². The van der Waals surface area contributed by atoms with Gasteiger partial charge in [-0.25, -0.2) is 9.97 Å². The molecule has 37 heteroatoms. The number of hydrogen-bond donors (Lipinski definition) is 10. The molecule has 9 rings (SSSR count). The molecule has 0 saturated heterocycles. The molecule has 85 heavy (non-hydrogen) atoms. The van der Waals surface area contributed by atoms with Crippen LogP contribution in [0.25, 0.3) is 32.8 Å². The molecule has 0 amide bonds. The minimum atomic E-state index is -5.37. The number of hydrazine groups is 1. The van der Waals surface area contributed by atoms with Crippen molar-refractivity contribution in [2.24, 2.45) is 20.5 Å². The maximum Gasteiger partial charge on any atom is 0.295 e. The van der Waals surface area contributed by atoms with Crippen molar-refractivity contribution in [3.05, 3.63) is 144 Å². The Hall–Kier alpha value is -8.52. The fraction of sp³-hybridized carbons (Fsp3) is 0.0208. The van der Waals surface area contributed by atoms with Gasteiger partial charge in [-0.05, 0) is 116 Å². The van der Waals surface area contributed by atoms with E-state index in [-0.39, 0.29) is 83.5 Å². The van der Waals surface area contributed by atoms with Crippen LogP contribution in [0.4, 0.5) is 55.9 Å². The molecule has 0 aliphatic rings. The largest absolute Gasteiger partial charge is 0.339 e. The number of fused-ring (bicyclic) bond motifs is 2. The van der Waals surface area contributed by atoms with Crippen LogP contribution in [-0.2, 0) is 60.7 Å². The molecular formula is C48H34ClN11O18S7. The number of rotatable bonds is 18. The van der Waals surface area contributed by atoms with Crippen molar-refractivity contribution in [2.75, 3.05) is 21.5 Å². The number of pyridine rings is 1. The third-order valence-corrected chi connectivity index (χ3v) is 18.3. The molecule has 0 saturated carbocycles. The molecule has 7 aromatic carbocycles. The van der Waals surface area contributed by atoms with Gasteiger partial charge < -0.3 is 21.5 Å². The standard InChI is InChI=1S/C48H34ClN11O18S7/c1-24-38(23-50)45(51-27-6-10-30(11-7-27)80(61,62)63)54-46(52-28-8-12-31(13-9-28)81(64,65)66)43(24)58-60-48-53-44(25-2-4-26(49)5-3-25)47(79-48)59-57-39-16-17-40(35-20-32(82(67,68)69)14-15-34(35)39)56-55-29-18-36-37(41(19-29)84(73,74)75)21-33(83(70,71)72)22-42(36)85(76,77)78/h2-22,55-56H,1H3,(H2,51,52,54)(H,61,62,63)(H,64,65,66)(H,67,68,69)(H,70,71,72)(H,73,74,75)(H,76,77,78). The van der Waals surface area contributed by atoms with Gasteiger partial charge in [-0.1, -0.05) is 41.1 Å². The van der Waals surface area contributed by atoms with E-state index in [2.05, 4.69) is 51.9 Å². The van der Waals surface area contributed by atoms with Gasteiger partial charge in [0.25, 0.3) is 60.7 Å². The monoisotopic (exact) mass is 1310 g/mol. The number of anilines is 6. The highest BCUT2D eigenvalue weighted by atomic mass is 35.5. The van der Waals surface area contributed by atoms with Crippen LogP contribution in [0, 0.1) is 18.3 Å². The molecule has 438 valence electrons. The number of azo groups is 2. The van der Waals surface area contributed by atoms with Gasteiger partial charge in [-0.2, -0.15) is 55.8 Å². The second-order valence-corrected chi connectivity index (χ2v) is 27.4. The molecule has 0 unspecified atom stereocenters. The summed E-state index contributed by atoms with van der Waals surface area (Å²) in [6.07, 6.45) is 0. The Morgan fingerprint density at radius 3 is 1.58 bits per heavy atom. The molecule has 10 N–H and O–H groups in total. The maximum atomic E-state index is 12.6. The number of benzene rings is 7. The fourth-order valence-electron chi connectivity index (χ4n) is 8.05. The first-order valence-electron chi connectivity index (χ1n) is 23.0. The van der Waals surface area contributed by atoms with Crippen LogP contribution in [0.15, 0.2) is 177 Å². The summed E-state index contributed by atoms with van der Waals surface area (Å²) in [5.74, 6) is -0.150. The Morgan fingerprint density at radius 2 is 1.02 bits per heavy atom. The van der Waals surface area contributed by atoms with E-state index in [9.17, 15) is 83.1 Å². The zero-order chi connectivity index (χ0) is 61.8. The van der Waals surface area contributed by atoms with Crippen molar-refractivity contribution in [1.29, 1.82) is 5.26 Å². The average molecular weight is 1310 g/mol. The summed E-state index contributed by atoms with van der Waals surface area (Å²) in [5.41, 5.74) is 6.03. The molecule has 0 aliphatic carbocycles. The topological polar surface area (TPSA) is 473 Å². The predicted molar refractivity (Wildman–Crippen MR) is 308 cm³/mol. The third kappa shape index (κ3) is 13.7. The minimum absolute atomic E-state index is 0.0150. The van der Waals surface area contributed by atoms with Crippen LogP contribution in [0.1, 0.15) is 11.1 Å². The van der Waals surface area contributed by atoms with E-state index in [4.69, 9.17) is 11.6 Å². The summed E-state index contributed by atoms with van der Waals surface area (Å²) in [6, 6.07) is 26.5. The molecule has 0 radical (unpaired) electrons. The van der Waals surface area contributed by atoms with E-state index in [1.165, 1.54) is 49.4 Å². The van der Waals surface area contributed by atoms with Crippen molar-refractivity contribution in [3.8, 4) is 17.3 Å². The Balaban J connectivity index is 1.11. The summed E-state index contributed by atoms with van der Waals surface area (Å²) < 4.78 is 205. The van der Waals surface area contributed by atoms with Crippen molar-refractivity contribution >= 4 is 161 Å². The number of thiazole rings is 1. The summed E-state index contributed by atoms with van der Waals surface area (Å²) in [5, 5.41) is 33.1. The smallest absolute Gasteiger partial charge is 0.295 e. The number of aromatic nitrogens is 2. The van der Waals surface area contributed by atoms with E-state index in [1.807, 2.05) is 6.07 Å². The molecule has 0 bridgehead atoms. The molecule has 0 aliphatic heterocycles. The quantitative estimate of drug-likeness (QED) is 0.0217. The molecule has 2 aromatic heterocycles. The van der Waals surface area contributed by atoms with Crippen LogP contribution in [0.2, 0.25) is 5.02 Å². The van der Waals surface area contributed by atoms with Gasteiger partial charge in [0.15, 0.2) is 16.6 Å². The highest BCUT2D eigenvalue weighted by Crippen LogP contribution is 2.44. The van der Waals surface area contributed by atoms with Gasteiger partial charge in [-0.15, -0.1) is 20.5 Å². The molecule has 0 fully saturated rings. The predicted octanol–water partition coefficient (Wildman–Crippen LogP) is 10.6. The van der Waals surface area contributed by atoms with E-state index in [0.29, 0.717) is 22.7 Å². The Bertz CT molecular complexity index is 5090. The lowest BCUT2D eigenvalue weighted by atomic mass is 10.1. The van der Waals surface area contributed by atoms with E-state index in [1.54, 1.807) is 24.3 Å². The number of nitrogens with zero attached hydrogens (tertiary/aromatic N) is 7. The maximum absolute atomic E-state index is 12.6. The van der Waals surface area contributed by atoms with E-state index < -0.39 is 101 Å². The summed E-state index contributed by atoms with van der Waals surface area (Å²) in [6.45, 7) is 1.51. The molecule has 2 heterocycles. The van der Waals surface area contributed by atoms with E-state index >= 15 is 0 Å². The molecule has 0 atom stereocenters. The van der Waals surface area contributed by atoms with Crippen LogP contribution < -0.4 is 21.5 Å². The second-order valence-electron chi connectivity index (χ2n) is 17.6. The molecular weight excluding hydrogens is 1280 g/mol. The van der Waals surface area contributed by atoms with Crippen LogP contribution >= 0.6 is 22.9 Å². The second kappa shape index (κ2) is 22.8. The number of hydrogen-bond acceptors (Lipinski definition) is 24. The first kappa shape index (κ1) is 61.1. The number of nitrogens with one attached hydrogen (secondary N) is 4. The van der Waals surface area contributed by atoms with Crippen molar-refractivity contribution < 1.29 is 77.8 Å². The molecule has 29 nitrogen and oxygen atoms in total. The third-order valence-electron chi connectivity index (χ3n) is 12.0. The molecule has 0 spiro atoms. The normalized spacial score (nSPS) is 12.7. The average Bonchev–Trinajstić information content (AvgIpc) is 1.67. The van der Waals surface area contributed by atoms with Gasteiger partial charge in [-0.3, -0.25) is 27.3 Å². The fourth-order valence-corrected chi connectivity index (χ4v) is 12.4. The van der Waals surface area contributed by atoms with Crippen LogP contribution in [0.3, 0.4) is 0 Å². The van der Waals surface area contributed by atoms with Gasteiger partial charge in [0, 0.05) is 49.1 Å². The lowest BCUT2D eigenvalue weighted by Crippen LogP contribution is -2.12.